The summed E-state index contributed by atoms with van der Waals surface area (Å²) in [5.41, 5.74) is 0. The van der Waals surface area contributed by atoms with Crippen LogP contribution in [0.25, 0.3) is 0 Å². The Labute approximate surface area is 54.2 Å². The predicted octanol–water partition coefficient (Wildman–Crippen LogP) is 0.595. The Morgan fingerprint density at radius 3 is 2.62 bits per heavy atom. The molecule has 8 heavy (non-hydrogen) atoms. The molecule has 0 N–H and O–H groups in total. The fourth-order valence-electron chi connectivity index (χ4n) is 0.622. The van der Waals surface area contributed by atoms with Crippen LogP contribution in [0.2, 0.25) is 0 Å². The largest absolute Gasteiger partial charge is 0.368 e. The highest BCUT2D eigenvalue weighted by molar-refractivity contribution is 7.99. The molecule has 1 atom stereocenters. The van der Waals surface area contributed by atoms with Gasteiger partial charge in [0, 0.05) is 0 Å². The molecule has 48 valence electrons. The fourth-order valence-corrected chi connectivity index (χ4v) is 1.46. The van der Waals surface area contributed by atoms with E-state index in [-0.39, 0.29) is 0 Å². The van der Waals surface area contributed by atoms with Crippen LogP contribution in [0.3, 0.4) is 0 Å². The summed E-state index contributed by atoms with van der Waals surface area (Å²) in [6.45, 7) is 0.887. The lowest BCUT2D eigenvalue weighted by atomic mass is 10.6. The number of hydrogen-bond acceptors (Lipinski definition) is 3. The van der Waals surface area contributed by atoms with E-state index in [4.69, 9.17) is 4.74 Å². The molecule has 3 heteroatoms. The van der Waals surface area contributed by atoms with E-state index in [0.717, 1.165) is 12.5 Å². The summed E-state index contributed by atoms with van der Waals surface area (Å²) in [5.74, 6) is 0.864. The van der Waals surface area contributed by atoms with Gasteiger partial charge in [-0.3, -0.25) is 4.90 Å². The zero-order chi connectivity index (χ0) is 5.98. The molecule has 1 rings (SSSR count). The Hall–Kier alpha value is 0.270. The summed E-state index contributed by atoms with van der Waals surface area (Å²) in [5, 5.41) is 0.593. The van der Waals surface area contributed by atoms with Crippen molar-refractivity contribution in [2.75, 3.05) is 26.6 Å². The summed E-state index contributed by atoms with van der Waals surface area (Å²) in [6.07, 6.45) is 0. The molecular weight excluding hydrogens is 122 g/mol. The monoisotopic (exact) mass is 133 g/mol. The lowest BCUT2D eigenvalue weighted by Crippen LogP contribution is -2.24. The maximum Gasteiger partial charge on any atom is 0.0938 e. The van der Waals surface area contributed by atoms with Crippen LogP contribution in [-0.4, -0.2) is 36.9 Å². The molecule has 0 radical (unpaired) electrons. The van der Waals surface area contributed by atoms with E-state index < -0.39 is 0 Å². The second-order valence-corrected chi connectivity index (χ2v) is 3.19. The molecule has 2 nitrogen and oxygen atoms in total. The Morgan fingerprint density at radius 2 is 2.38 bits per heavy atom. The quantitative estimate of drug-likeness (QED) is 0.519. The van der Waals surface area contributed by atoms with Crippen LogP contribution in [0.4, 0.5) is 0 Å². The van der Waals surface area contributed by atoms with E-state index in [1.54, 1.807) is 0 Å². The molecule has 1 aliphatic heterocycles. The van der Waals surface area contributed by atoms with Crippen molar-refractivity contribution in [2.24, 2.45) is 0 Å². The first-order chi connectivity index (χ1) is 3.80. The van der Waals surface area contributed by atoms with Crippen molar-refractivity contribution in [3.05, 3.63) is 0 Å². The highest BCUT2D eigenvalue weighted by Crippen LogP contribution is 2.19. The summed E-state index contributed by atoms with van der Waals surface area (Å²) >= 11 is 1.85. The average molecular weight is 133 g/mol. The van der Waals surface area contributed by atoms with Crippen LogP contribution in [0, 0.1) is 0 Å². The molecule has 0 amide bonds. The van der Waals surface area contributed by atoms with E-state index in [0.29, 0.717) is 5.37 Å². The minimum Gasteiger partial charge on any atom is -0.368 e. The normalized spacial score (nSPS) is 29.6. The van der Waals surface area contributed by atoms with Crippen molar-refractivity contribution in [3.63, 3.8) is 0 Å². The Bertz CT molecular complexity index is 70.8. The van der Waals surface area contributed by atoms with Gasteiger partial charge in [0.05, 0.1) is 17.9 Å². The maximum atomic E-state index is 5.14. The van der Waals surface area contributed by atoms with Crippen molar-refractivity contribution in [1.29, 1.82) is 0 Å². The van der Waals surface area contributed by atoms with Gasteiger partial charge in [0.15, 0.2) is 0 Å². The first kappa shape index (κ1) is 6.39. The molecule has 1 fully saturated rings. The zero-order valence-electron chi connectivity index (χ0n) is 5.26. The number of thioether (sulfide) groups is 1. The van der Waals surface area contributed by atoms with Gasteiger partial charge >= 0.3 is 0 Å². The number of nitrogens with zero attached hydrogens (tertiary/aromatic N) is 1. The van der Waals surface area contributed by atoms with Crippen molar-refractivity contribution in [1.82, 2.24) is 4.90 Å². The summed E-state index contributed by atoms with van der Waals surface area (Å²) in [6, 6.07) is 0. The van der Waals surface area contributed by atoms with E-state index in [1.165, 1.54) is 0 Å². The van der Waals surface area contributed by atoms with Crippen LogP contribution in [-0.2, 0) is 4.74 Å². The lowest BCUT2D eigenvalue weighted by molar-refractivity contribution is 0.170. The Balaban J connectivity index is 2.24. The van der Waals surface area contributed by atoms with Gasteiger partial charge in [0.25, 0.3) is 0 Å². The standard InChI is InChI=1S/C5H11NOS/c1-6(2)5-3-7-4-8-5/h5H,3-4H2,1-2H3. The van der Waals surface area contributed by atoms with Crippen molar-refractivity contribution in [3.8, 4) is 0 Å². The molecular formula is C5H11NOS. The van der Waals surface area contributed by atoms with Gasteiger partial charge in [-0.05, 0) is 14.1 Å². The molecule has 1 aliphatic rings. The third-order valence-electron chi connectivity index (χ3n) is 1.18. The van der Waals surface area contributed by atoms with E-state index in [9.17, 15) is 0 Å². The minimum atomic E-state index is 0.593. The lowest BCUT2D eigenvalue weighted by Gasteiger charge is -2.14. The molecule has 0 saturated carbocycles. The topological polar surface area (TPSA) is 12.5 Å². The number of rotatable bonds is 1. The SMILES string of the molecule is CN(C)C1COCS1. The second-order valence-electron chi connectivity index (χ2n) is 2.07. The zero-order valence-corrected chi connectivity index (χ0v) is 6.07. The van der Waals surface area contributed by atoms with E-state index >= 15 is 0 Å². The molecule has 1 unspecified atom stereocenters. The fraction of sp³-hybridized carbons (Fsp3) is 1.00. The van der Waals surface area contributed by atoms with Crippen molar-refractivity contribution < 1.29 is 4.74 Å². The number of hydrogen-bond donors (Lipinski definition) is 0. The van der Waals surface area contributed by atoms with Crippen LogP contribution >= 0.6 is 11.8 Å². The summed E-state index contributed by atoms with van der Waals surface area (Å²) in [7, 11) is 4.15. The predicted molar refractivity (Wildman–Crippen MR) is 35.9 cm³/mol. The molecule has 1 heterocycles. The first-order valence-corrected chi connectivity index (χ1v) is 3.71. The van der Waals surface area contributed by atoms with E-state index in [2.05, 4.69) is 19.0 Å². The highest BCUT2D eigenvalue weighted by atomic mass is 32.2. The molecule has 0 aliphatic carbocycles. The van der Waals surface area contributed by atoms with Gasteiger partial charge < -0.3 is 4.74 Å². The van der Waals surface area contributed by atoms with Gasteiger partial charge in [-0.2, -0.15) is 0 Å². The molecule has 0 bridgehead atoms. The van der Waals surface area contributed by atoms with Gasteiger partial charge in [0.1, 0.15) is 0 Å². The number of likely N-dealkylation sites (N-methyl/N-ethyl adjacent to an activating group) is 1. The van der Waals surface area contributed by atoms with Crippen LogP contribution in [0.1, 0.15) is 0 Å². The smallest absolute Gasteiger partial charge is 0.0938 e. The molecule has 0 aromatic carbocycles. The second kappa shape index (κ2) is 2.71. The highest BCUT2D eigenvalue weighted by Gasteiger charge is 2.16. The third kappa shape index (κ3) is 1.37. The minimum absolute atomic E-state index is 0.593. The summed E-state index contributed by atoms with van der Waals surface area (Å²) < 4.78 is 5.14. The van der Waals surface area contributed by atoms with Gasteiger partial charge in [-0.25, -0.2) is 0 Å². The molecule has 0 aromatic rings. The third-order valence-corrected chi connectivity index (χ3v) is 2.43. The van der Waals surface area contributed by atoms with Crippen LogP contribution in [0.15, 0.2) is 0 Å². The Morgan fingerprint density at radius 1 is 1.62 bits per heavy atom. The molecule has 0 aromatic heterocycles. The van der Waals surface area contributed by atoms with Crippen LogP contribution < -0.4 is 0 Å². The van der Waals surface area contributed by atoms with E-state index in [1.807, 2.05) is 11.8 Å². The first-order valence-electron chi connectivity index (χ1n) is 2.66. The average Bonchev–Trinajstić information content (AvgIpc) is 2.12. The van der Waals surface area contributed by atoms with Gasteiger partial charge in [-0.15, -0.1) is 11.8 Å². The number of ether oxygens (including phenoxy) is 1. The van der Waals surface area contributed by atoms with Crippen molar-refractivity contribution >= 4 is 11.8 Å². The van der Waals surface area contributed by atoms with Gasteiger partial charge in [0.2, 0.25) is 0 Å². The van der Waals surface area contributed by atoms with Crippen molar-refractivity contribution in [2.45, 2.75) is 5.37 Å². The van der Waals surface area contributed by atoms with Gasteiger partial charge in [-0.1, -0.05) is 0 Å². The Kier molecular flexibility index (Phi) is 2.16. The molecule has 1 saturated heterocycles. The maximum absolute atomic E-state index is 5.14. The van der Waals surface area contributed by atoms with Crippen LogP contribution in [0.5, 0.6) is 0 Å². The summed E-state index contributed by atoms with van der Waals surface area (Å²) in [4.78, 5) is 2.18. The molecule has 0 spiro atoms.